The minimum atomic E-state index is 0.789. The van der Waals surface area contributed by atoms with Crippen LogP contribution < -0.4 is 0 Å². The summed E-state index contributed by atoms with van der Waals surface area (Å²) in [6.45, 7) is 0. The molecule has 2 heteroatoms. The van der Waals surface area contributed by atoms with Gasteiger partial charge >= 0.3 is 0 Å². The number of aromatic nitrogens is 1. The average Bonchev–Trinajstić information content (AvgIpc) is 2.38. The van der Waals surface area contributed by atoms with Crippen LogP contribution in [0.15, 0.2) is 36.5 Å². The van der Waals surface area contributed by atoms with Crippen molar-refractivity contribution in [2.75, 3.05) is 5.88 Å². The van der Waals surface area contributed by atoms with Gasteiger partial charge < -0.3 is 0 Å². The quantitative estimate of drug-likeness (QED) is 0.538. The number of nitrogens with zero attached hydrogens (tertiary/aromatic N) is 1. The second kappa shape index (κ2) is 6.61. The average molecular weight is 248 g/mol. The molecule has 0 N–H and O–H groups in total. The van der Waals surface area contributed by atoms with Crippen LogP contribution in [0.1, 0.15) is 31.2 Å². The van der Waals surface area contributed by atoms with Crippen molar-refractivity contribution in [2.45, 2.75) is 32.1 Å². The van der Waals surface area contributed by atoms with E-state index in [1.165, 1.54) is 30.2 Å². The number of hydrogen-bond donors (Lipinski definition) is 0. The molecule has 1 aromatic carbocycles. The Bertz CT molecular complexity index is 467. The Morgan fingerprint density at radius 2 is 1.82 bits per heavy atom. The van der Waals surface area contributed by atoms with Gasteiger partial charge in [0.05, 0.1) is 5.52 Å². The summed E-state index contributed by atoms with van der Waals surface area (Å²) in [6.07, 6.45) is 8.00. The maximum Gasteiger partial charge on any atom is 0.0702 e. The predicted molar refractivity (Wildman–Crippen MR) is 74.6 cm³/mol. The Balaban J connectivity index is 1.90. The maximum absolute atomic E-state index is 5.65. The molecule has 0 saturated carbocycles. The van der Waals surface area contributed by atoms with E-state index < -0.39 is 0 Å². The minimum absolute atomic E-state index is 0.789. The van der Waals surface area contributed by atoms with E-state index in [0.717, 1.165) is 24.2 Å². The molecule has 1 nitrogen and oxygen atoms in total. The van der Waals surface area contributed by atoms with Crippen LogP contribution in [0.2, 0.25) is 0 Å². The highest BCUT2D eigenvalue weighted by Crippen LogP contribution is 2.14. The highest BCUT2D eigenvalue weighted by atomic mass is 35.5. The number of unbranched alkanes of at least 4 members (excludes halogenated alkanes) is 3. The fraction of sp³-hybridized carbons (Fsp3) is 0.400. The fourth-order valence-electron chi connectivity index (χ4n) is 2.03. The van der Waals surface area contributed by atoms with E-state index in [-0.39, 0.29) is 0 Å². The summed E-state index contributed by atoms with van der Waals surface area (Å²) in [5.41, 5.74) is 2.42. The third-order valence-corrected chi connectivity index (χ3v) is 3.26. The lowest BCUT2D eigenvalue weighted by atomic mass is 10.1. The second-order valence-corrected chi connectivity index (χ2v) is 4.77. The van der Waals surface area contributed by atoms with E-state index >= 15 is 0 Å². The highest BCUT2D eigenvalue weighted by molar-refractivity contribution is 6.17. The molecule has 0 unspecified atom stereocenters. The zero-order chi connectivity index (χ0) is 11.9. The Morgan fingerprint density at radius 3 is 2.71 bits per heavy atom. The van der Waals surface area contributed by atoms with Crippen molar-refractivity contribution in [3.05, 3.63) is 42.1 Å². The van der Waals surface area contributed by atoms with Crippen molar-refractivity contribution < 1.29 is 0 Å². The largest absolute Gasteiger partial charge is 0.256 e. The summed E-state index contributed by atoms with van der Waals surface area (Å²) in [6, 6.07) is 10.5. The lowest BCUT2D eigenvalue weighted by Gasteiger charge is -2.03. The molecule has 0 bridgehead atoms. The molecule has 0 aliphatic rings. The molecule has 0 amide bonds. The third-order valence-electron chi connectivity index (χ3n) is 3.00. The summed E-state index contributed by atoms with van der Waals surface area (Å²) in [7, 11) is 0. The monoisotopic (exact) mass is 247 g/mol. The van der Waals surface area contributed by atoms with Gasteiger partial charge in [0.2, 0.25) is 0 Å². The topological polar surface area (TPSA) is 12.9 Å². The summed E-state index contributed by atoms with van der Waals surface area (Å²) in [4.78, 5) is 4.48. The first-order valence-corrected chi connectivity index (χ1v) is 6.83. The zero-order valence-corrected chi connectivity index (χ0v) is 10.8. The fourth-order valence-corrected chi connectivity index (χ4v) is 2.22. The van der Waals surface area contributed by atoms with Gasteiger partial charge in [-0.3, -0.25) is 4.98 Å². The molecular weight excluding hydrogens is 230 g/mol. The molecule has 2 aromatic rings. The Kier molecular flexibility index (Phi) is 4.81. The van der Waals surface area contributed by atoms with Crippen molar-refractivity contribution in [3.63, 3.8) is 0 Å². The van der Waals surface area contributed by atoms with Crippen molar-refractivity contribution in [1.82, 2.24) is 4.98 Å². The first kappa shape index (κ1) is 12.4. The molecule has 0 saturated heterocycles. The molecule has 0 aliphatic heterocycles. The van der Waals surface area contributed by atoms with E-state index in [0.29, 0.717) is 0 Å². The van der Waals surface area contributed by atoms with Gasteiger partial charge in [0, 0.05) is 17.5 Å². The van der Waals surface area contributed by atoms with Gasteiger partial charge in [0.1, 0.15) is 0 Å². The Morgan fingerprint density at radius 1 is 1.00 bits per heavy atom. The number of aryl methyl sites for hydroxylation is 1. The maximum atomic E-state index is 5.65. The van der Waals surface area contributed by atoms with Gasteiger partial charge in [0.15, 0.2) is 0 Å². The van der Waals surface area contributed by atoms with Gasteiger partial charge in [-0.1, -0.05) is 31.0 Å². The van der Waals surface area contributed by atoms with E-state index in [2.05, 4.69) is 29.2 Å². The van der Waals surface area contributed by atoms with Crippen LogP contribution in [0.5, 0.6) is 0 Å². The summed E-state index contributed by atoms with van der Waals surface area (Å²) < 4.78 is 0. The molecule has 0 radical (unpaired) electrons. The van der Waals surface area contributed by atoms with Crippen molar-refractivity contribution in [2.24, 2.45) is 0 Å². The zero-order valence-electron chi connectivity index (χ0n) is 10.0. The number of para-hydroxylation sites is 1. The minimum Gasteiger partial charge on any atom is -0.256 e. The number of hydrogen-bond acceptors (Lipinski definition) is 1. The highest BCUT2D eigenvalue weighted by Gasteiger charge is 1.97. The lowest BCUT2D eigenvalue weighted by Crippen LogP contribution is -1.89. The van der Waals surface area contributed by atoms with Crippen LogP contribution in [0, 0.1) is 0 Å². The molecule has 0 aliphatic carbocycles. The molecule has 1 heterocycles. The molecule has 90 valence electrons. The number of rotatable bonds is 6. The summed E-state index contributed by atoms with van der Waals surface area (Å²) >= 11 is 5.65. The normalized spacial score (nSPS) is 10.9. The van der Waals surface area contributed by atoms with E-state index in [1.807, 2.05) is 12.3 Å². The molecule has 17 heavy (non-hydrogen) atoms. The lowest BCUT2D eigenvalue weighted by molar-refractivity contribution is 0.668. The third kappa shape index (κ3) is 3.71. The van der Waals surface area contributed by atoms with Crippen LogP contribution in [0.3, 0.4) is 0 Å². The van der Waals surface area contributed by atoms with Crippen LogP contribution in [0.25, 0.3) is 10.9 Å². The van der Waals surface area contributed by atoms with E-state index in [4.69, 9.17) is 11.6 Å². The summed E-state index contributed by atoms with van der Waals surface area (Å²) in [5, 5.41) is 1.24. The predicted octanol–water partition coefficient (Wildman–Crippen LogP) is 4.58. The summed E-state index contributed by atoms with van der Waals surface area (Å²) in [5.74, 6) is 0.789. The number of benzene rings is 1. The number of fused-ring (bicyclic) bond motifs is 1. The van der Waals surface area contributed by atoms with Gasteiger partial charge in [0.25, 0.3) is 0 Å². The number of halogens is 1. The van der Waals surface area contributed by atoms with E-state index in [1.54, 1.807) is 0 Å². The van der Waals surface area contributed by atoms with Gasteiger partial charge in [-0.15, -0.1) is 11.6 Å². The van der Waals surface area contributed by atoms with Crippen LogP contribution in [0.4, 0.5) is 0 Å². The molecular formula is C15H18ClN. The second-order valence-electron chi connectivity index (χ2n) is 4.39. The molecule has 0 fully saturated rings. The number of pyridine rings is 1. The van der Waals surface area contributed by atoms with Gasteiger partial charge in [-0.05, 0) is 37.0 Å². The van der Waals surface area contributed by atoms with E-state index in [9.17, 15) is 0 Å². The SMILES string of the molecule is ClCCCCCCc1cnc2ccccc2c1. The standard InChI is InChI=1S/C15H18ClN/c16-10-6-2-1-3-7-13-11-14-8-4-5-9-15(14)17-12-13/h4-5,8-9,11-12H,1-3,6-7,10H2. The molecule has 0 spiro atoms. The Labute approximate surface area is 108 Å². The van der Waals surface area contributed by atoms with Crippen molar-refractivity contribution in [3.8, 4) is 0 Å². The van der Waals surface area contributed by atoms with Crippen LogP contribution in [-0.2, 0) is 6.42 Å². The van der Waals surface area contributed by atoms with Gasteiger partial charge in [-0.2, -0.15) is 0 Å². The van der Waals surface area contributed by atoms with Crippen molar-refractivity contribution >= 4 is 22.5 Å². The molecule has 2 rings (SSSR count). The molecule has 1 aromatic heterocycles. The van der Waals surface area contributed by atoms with Crippen molar-refractivity contribution in [1.29, 1.82) is 0 Å². The Hall–Kier alpha value is -1.08. The first-order valence-electron chi connectivity index (χ1n) is 6.30. The smallest absolute Gasteiger partial charge is 0.0702 e. The van der Waals surface area contributed by atoms with Crippen LogP contribution >= 0.6 is 11.6 Å². The first-order chi connectivity index (χ1) is 8.40. The van der Waals surface area contributed by atoms with Gasteiger partial charge in [-0.25, -0.2) is 0 Å². The van der Waals surface area contributed by atoms with Crippen LogP contribution in [-0.4, -0.2) is 10.9 Å². The number of alkyl halides is 1. The molecule has 0 atom stereocenters.